The largest absolute Gasteiger partial charge is 0.497 e. The molecule has 0 saturated heterocycles. The smallest absolute Gasteiger partial charge is 0.225 e. The topological polar surface area (TPSA) is 68.5 Å². The van der Waals surface area contributed by atoms with Crippen molar-refractivity contribution in [3.63, 3.8) is 0 Å². The summed E-state index contributed by atoms with van der Waals surface area (Å²) in [5.41, 5.74) is 9.40. The molecular formula is C22H22ClN3O2. The Morgan fingerprint density at radius 3 is 2.82 bits per heavy atom. The van der Waals surface area contributed by atoms with Gasteiger partial charge in [-0.3, -0.25) is 4.79 Å². The quantitative estimate of drug-likeness (QED) is 0.670. The van der Waals surface area contributed by atoms with E-state index in [-0.39, 0.29) is 17.9 Å². The molecule has 1 amide bonds. The molecule has 1 aliphatic heterocycles. The Bertz CT molecular complexity index is 1050. The summed E-state index contributed by atoms with van der Waals surface area (Å²) in [4.78, 5) is 18.8. The van der Waals surface area contributed by atoms with Crippen LogP contribution in [0, 0.1) is 0 Å². The minimum atomic E-state index is -0.279. The molecule has 2 atom stereocenters. The number of carbonyl (C=O) groups excluding carboxylic acids is 1. The van der Waals surface area contributed by atoms with Crippen LogP contribution in [-0.2, 0) is 11.3 Å². The van der Waals surface area contributed by atoms with Gasteiger partial charge in [-0.15, -0.1) is 0 Å². The van der Waals surface area contributed by atoms with Gasteiger partial charge in [-0.2, -0.15) is 0 Å². The second-order valence-electron chi connectivity index (χ2n) is 7.22. The zero-order chi connectivity index (χ0) is 19.8. The minimum absolute atomic E-state index is 0.148. The fraction of sp³-hybridized carbons (Fsp3) is 0.273. The molecule has 1 aliphatic rings. The number of nitrogens with two attached hydrogens (primary N) is 1. The molecule has 144 valence electrons. The first-order chi connectivity index (χ1) is 13.5. The normalized spacial score (nSPS) is 18.8. The van der Waals surface area contributed by atoms with E-state index in [9.17, 15) is 4.79 Å². The molecular weight excluding hydrogens is 374 g/mol. The number of carbonyl (C=O) groups is 1. The molecule has 6 heteroatoms. The van der Waals surface area contributed by atoms with Crippen LogP contribution >= 0.6 is 11.6 Å². The number of benzene rings is 2. The van der Waals surface area contributed by atoms with Crippen LogP contribution in [0.1, 0.15) is 30.4 Å². The van der Waals surface area contributed by atoms with E-state index in [0.717, 1.165) is 33.5 Å². The number of hydrogen-bond acceptors (Lipinski definition) is 4. The Hall–Kier alpha value is -2.79. The average Bonchev–Trinajstić information content (AvgIpc) is 2.69. The number of primary amides is 1. The third-order valence-corrected chi connectivity index (χ3v) is 5.79. The van der Waals surface area contributed by atoms with Crippen LogP contribution in [0.3, 0.4) is 0 Å². The van der Waals surface area contributed by atoms with E-state index in [1.165, 1.54) is 0 Å². The van der Waals surface area contributed by atoms with Crippen molar-refractivity contribution in [3.8, 4) is 5.75 Å². The summed E-state index contributed by atoms with van der Waals surface area (Å²) < 4.78 is 5.27. The minimum Gasteiger partial charge on any atom is -0.497 e. The molecule has 5 nitrogen and oxygen atoms in total. The van der Waals surface area contributed by atoms with E-state index in [1.807, 2.05) is 42.5 Å². The third kappa shape index (κ3) is 3.27. The Balaban J connectivity index is 1.73. The summed E-state index contributed by atoms with van der Waals surface area (Å²) in [7, 11) is 1.63. The van der Waals surface area contributed by atoms with Gasteiger partial charge in [0.25, 0.3) is 0 Å². The van der Waals surface area contributed by atoms with Gasteiger partial charge < -0.3 is 15.4 Å². The Kier molecular flexibility index (Phi) is 4.85. The van der Waals surface area contributed by atoms with Crippen LogP contribution in [-0.4, -0.2) is 24.0 Å². The molecule has 0 radical (unpaired) electrons. The molecule has 0 fully saturated rings. The van der Waals surface area contributed by atoms with Gasteiger partial charge >= 0.3 is 0 Å². The van der Waals surface area contributed by atoms with Crippen molar-refractivity contribution in [3.05, 3.63) is 64.8 Å². The molecule has 0 spiro atoms. The number of anilines is 1. The van der Waals surface area contributed by atoms with Crippen molar-refractivity contribution in [2.24, 2.45) is 5.73 Å². The molecule has 2 N–H and O–H groups in total. The summed E-state index contributed by atoms with van der Waals surface area (Å²) in [5.74, 6) is 0.207. The van der Waals surface area contributed by atoms with Gasteiger partial charge in [-0.05, 0) is 43.2 Å². The van der Waals surface area contributed by atoms with Gasteiger partial charge in [0, 0.05) is 35.3 Å². The molecule has 0 unspecified atom stereocenters. The highest BCUT2D eigenvalue weighted by Gasteiger charge is 2.33. The van der Waals surface area contributed by atoms with Gasteiger partial charge in [0.2, 0.25) is 5.91 Å². The maximum atomic E-state index is 11.9. The number of halogens is 1. The summed E-state index contributed by atoms with van der Waals surface area (Å²) in [6.07, 6.45) is 0.683. The van der Waals surface area contributed by atoms with E-state index in [4.69, 9.17) is 22.1 Å². The lowest BCUT2D eigenvalue weighted by Crippen LogP contribution is -2.41. The van der Waals surface area contributed by atoms with Gasteiger partial charge in [0.05, 0.1) is 18.5 Å². The lowest BCUT2D eigenvalue weighted by molar-refractivity contribution is -0.119. The highest BCUT2D eigenvalue weighted by Crippen LogP contribution is 2.39. The summed E-state index contributed by atoms with van der Waals surface area (Å²) >= 11 is 6.52. The van der Waals surface area contributed by atoms with Crippen molar-refractivity contribution in [1.82, 2.24) is 4.98 Å². The van der Waals surface area contributed by atoms with E-state index in [1.54, 1.807) is 7.11 Å². The second-order valence-corrected chi connectivity index (χ2v) is 7.58. The first-order valence-electron chi connectivity index (χ1n) is 9.26. The summed E-state index contributed by atoms with van der Waals surface area (Å²) in [5, 5.41) is 1.48. The first-order valence-corrected chi connectivity index (χ1v) is 9.63. The van der Waals surface area contributed by atoms with E-state index < -0.39 is 0 Å². The van der Waals surface area contributed by atoms with Crippen LogP contribution < -0.4 is 15.4 Å². The number of amides is 1. The predicted molar refractivity (Wildman–Crippen MR) is 112 cm³/mol. The second kappa shape index (κ2) is 7.32. The van der Waals surface area contributed by atoms with Crippen LogP contribution in [0.25, 0.3) is 10.9 Å². The van der Waals surface area contributed by atoms with Crippen molar-refractivity contribution >= 4 is 34.1 Å². The standard InChI is InChI=1S/C22H22ClN3O2/c1-13-9-18(22(24)27)17-5-3-4-6-20(17)26(13)12-15-10-14-7-8-16(28-2)11-19(14)25-21(15)23/h3-8,10-11,13,18H,9,12H2,1-2H3,(H2,24,27)/t13-,18+/m1/s1. The molecule has 2 heterocycles. The summed E-state index contributed by atoms with van der Waals surface area (Å²) in [6, 6.07) is 15.9. The molecule has 28 heavy (non-hydrogen) atoms. The average molecular weight is 396 g/mol. The number of para-hydroxylation sites is 1. The summed E-state index contributed by atoms with van der Waals surface area (Å²) in [6.45, 7) is 2.72. The van der Waals surface area contributed by atoms with Crippen LogP contribution in [0.4, 0.5) is 5.69 Å². The van der Waals surface area contributed by atoms with Gasteiger partial charge in [-0.1, -0.05) is 29.8 Å². The van der Waals surface area contributed by atoms with Gasteiger partial charge in [0.15, 0.2) is 0 Å². The monoisotopic (exact) mass is 395 g/mol. The zero-order valence-electron chi connectivity index (χ0n) is 15.9. The van der Waals surface area contributed by atoms with E-state index >= 15 is 0 Å². The highest BCUT2D eigenvalue weighted by atomic mass is 35.5. The van der Waals surface area contributed by atoms with Crippen molar-refractivity contribution < 1.29 is 9.53 Å². The number of rotatable bonds is 4. The van der Waals surface area contributed by atoms with E-state index in [0.29, 0.717) is 18.1 Å². The van der Waals surface area contributed by atoms with Crippen molar-refractivity contribution in [2.45, 2.75) is 31.8 Å². The number of fused-ring (bicyclic) bond motifs is 2. The lowest BCUT2D eigenvalue weighted by atomic mass is 9.85. The molecule has 0 bridgehead atoms. The molecule has 1 aromatic heterocycles. The number of ether oxygens (including phenoxy) is 1. The van der Waals surface area contributed by atoms with Crippen molar-refractivity contribution in [1.29, 1.82) is 0 Å². The van der Waals surface area contributed by atoms with Crippen LogP contribution in [0.15, 0.2) is 48.5 Å². The maximum Gasteiger partial charge on any atom is 0.225 e. The molecule has 0 saturated carbocycles. The van der Waals surface area contributed by atoms with E-state index in [2.05, 4.69) is 22.9 Å². The molecule has 4 rings (SSSR count). The highest BCUT2D eigenvalue weighted by molar-refractivity contribution is 6.30. The van der Waals surface area contributed by atoms with Crippen LogP contribution in [0.5, 0.6) is 5.75 Å². The molecule has 3 aromatic rings. The van der Waals surface area contributed by atoms with Crippen molar-refractivity contribution in [2.75, 3.05) is 12.0 Å². The third-order valence-electron chi connectivity index (χ3n) is 5.47. The number of aromatic nitrogens is 1. The Labute approximate surface area is 169 Å². The van der Waals surface area contributed by atoms with Gasteiger partial charge in [-0.25, -0.2) is 4.98 Å². The number of hydrogen-bond donors (Lipinski definition) is 1. The first kappa shape index (κ1) is 18.6. The number of pyridine rings is 1. The zero-order valence-corrected chi connectivity index (χ0v) is 16.6. The number of nitrogens with zero attached hydrogens (tertiary/aromatic N) is 2. The Morgan fingerprint density at radius 1 is 1.29 bits per heavy atom. The maximum absolute atomic E-state index is 11.9. The lowest BCUT2D eigenvalue weighted by Gasteiger charge is -2.40. The molecule has 2 aromatic carbocycles. The predicted octanol–water partition coefficient (Wildman–Crippen LogP) is 4.26. The van der Waals surface area contributed by atoms with Crippen LogP contribution in [0.2, 0.25) is 5.15 Å². The Morgan fingerprint density at radius 2 is 2.07 bits per heavy atom. The van der Waals surface area contributed by atoms with Gasteiger partial charge in [0.1, 0.15) is 10.9 Å². The fourth-order valence-corrected chi connectivity index (χ4v) is 4.18. The fourth-order valence-electron chi connectivity index (χ4n) is 3.98. The number of methoxy groups -OCH3 is 1. The SMILES string of the molecule is COc1ccc2cc(CN3c4ccccc4[C@@H](C(N)=O)C[C@H]3C)c(Cl)nc2c1. The molecule has 0 aliphatic carbocycles.